The fourth-order valence-corrected chi connectivity index (χ4v) is 8.15. The number of hydrogen-bond acceptors (Lipinski definition) is 9. The van der Waals surface area contributed by atoms with Crippen LogP contribution in [0, 0.1) is 46.5 Å². The van der Waals surface area contributed by atoms with Crippen LogP contribution in [0.2, 0.25) is 0 Å². The molecule has 2 heterocycles. The molecule has 0 spiro atoms. The molecule has 15 heteroatoms. The molecule has 1 aliphatic rings. The average molecular weight is 825 g/mol. The van der Waals surface area contributed by atoms with Gasteiger partial charge in [0.1, 0.15) is 24.5 Å². The molecule has 0 saturated heterocycles. The summed E-state index contributed by atoms with van der Waals surface area (Å²) in [5.74, 6) is 0.172. The predicted molar refractivity (Wildman–Crippen MR) is 223 cm³/mol. The van der Waals surface area contributed by atoms with E-state index in [1.165, 1.54) is 11.6 Å². The van der Waals surface area contributed by atoms with Crippen molar-refractivity contribution in [2.45, 2.75) is 95.4 Å². The smallest absolute Gasteiger partial charge is 0.416 e. The van der Waals surface area contributed by atoms with E-state index >= 15 is 0 Å². The highest BCUT2D eigenvalue weighted by Gasteiger charge is 2.46. The van der Waals surface area contributed by atoms with E-state index in [0.717, 1.165) is 17.7 Å². The molecular formula is C43H61ClN6O8. The van der Waals surface area contributed by atoms with E-state index in [4.69, 9.17) is 42.2 Å². The number of hydrogen-bond donors (Lipinski definition) is 2. The summed E-state index contributed by atoms with van der Waals surface area (Å²) in [5.41, 5.74) is 1.18. The largest absolute Gasteiger partial charge is 0.495 e. The minimum absolute atomic E-state index is 0.0446. The number of fused-ring (bicyclic) bond motifs is 1. The van der Waals surface area contributed by atoms with Crippen molar-refractivity contribution < 1.29 is 38.1 Å². The maximum Gasteiger partial charge on any atom is 0.416 e. The zero-order valence-corrected chi connectivity index (χ0v) is 36.9. The monoisotopic (exact) mass is 824 g/mol. The van der Waals surface area contributed by atoms with Crippen molar-refractivity contribution in [1.29, 1.82) is 0 Å². The molecule has 2 amide bonds. The summed E-state index contributed by atoms with van der Waals surface area (Å²) < 4.78 is 23.1. The Morgan fingerprint density at radius 2 is 1.55 bits per heavy atom. The first kappa shape index (κ1) is 45.9. The van der Waals surface area contributed by atoms with E-state index in [1.807, 2.05) is 0 Å². The normalized spacial score (nSPS) is 18.6. The van der Waals surface area contributed by atoms with Crippen LogP contribution in [0.3, 0.4) is 0 Å². The zero-order valence-electron chi connectivity index (χ0n) is 36.1. The van der Waals surface area contributed by atoms with Gasteiger partial charge in [-0.2, -0.15) is 4.52 Å². The number of carbonyl (C=O) groups is 4. The summed E-state index contributed by atoms with van der Waals surface area (Å²) in [5, 5.41) is 7.78. The number of benzene rings is 1. The first-order valence-corrected chi connectivity index (χ1v) is 20.5. The van der Waals surface area contributed by atoms with Crippen LogP contribution in [0.15, 0.2) is 18.2 Å². The summed E-state index contributed by atoms with van der Waals surface area (Å²) in [6.07, 6.45) is 1.48. The molecule has 1 saturated carbocycles. The number of aromatic amines is 1. The average Bonchev–Trinajstić information content (AvgIpc) is 3.68. The molecule has 14 nitrogen and oxygen atoms in total. The molecule has 2 unspecified atom stereocenters. The van der Waals surface area contributed by atoms with Crippen molar-refractivity contribution in [3.8, 4) is 23.0 Å². The van der Waals surface area contributed by atoms with Crippen molar-refractivity contribution in [2.75, 3.05) is 44.6 Å². The minimum atomic E-state index is -1.07. The third-order valence-corrected chi connectivity index (χ3v) is 11.8. The summed E-state index contributed by atoms with van der Waals surface area (Å²) in [6, 6.07) is 5.19. The first-order valence-electron chi connectivity index (χ1n) is 19.9. The number of halogens is 1. The summed E-state index contributed by atoms with van der Waals surface area (Å²) >= 11 is 6.10. The molecular weight excluding hydrogens is 764 g/mol. The number of esters is 2. The van der Waals surface area contributed by atoms with E-state index in [0.29, 0.717) is 58.2 Å². The summed E-state index contributed by atoms with van der Waals surface area (Å²) in [4.78, 5) is 60.6. The lowest BCUT2D eigenvalue weighted by Gasteiger charge is -2.51. The fraction of sp³-hybridized carbons (Fsp3) is 0.628. The van der Waals surface area contributed by atoms with E-state index in [-0.39, 0.29) is 53.3 Å². The molecule has 4 rings (SSSR count). The number of ether oxygens (including phenoxy) is 4. The van der Waals surface area contributed by atoms with Crippen molar-refractivity contribution in [3.63, 3.8) is 0 Å². The molecule has 1 aliphatic carbocycles. The molecule has 2 N–H and O–H groups in total. The summed E-state index contributed by atoms with van der Waals surface area (Å²) in [6.45, 7) is 30.1. The van der Waals surface area contributed by atoms with E-state index in [1.54, 1.807) is 45.9 Å². The number of methoxy groups -OCH3 is 1. The van der Waals surface area contributed by atoms with Crippen LogP contribution in [0.25, 0.3) is 21.9 Å². The molecule has 2 aromatic heterocycles. The quantitative estimate of drug-likeness (QED) is 0.0920. The summed E-state index contributed by atoms with van der Waals surface area (Å²) in [7, 11) is 1.50. The van der Waals surface area contributed by atoms with Gasteiger partial charge in [0.2, 0.25) is 11.8 Å². The topological polar surface area (TPSA) is 158 Å². The Hall–Kier alpha value is -4.77. The van der Waals surface area contributed by atoms with Gasteiger partial charge < -0.3 is 29.2 Å². The molecule has 1 fully saturated rings. The third-order valence-electron chi connectivity index (χ3n) is 11.1. The number of anilines is 1. The van der Waals surface area contributed by atoms with Gasteiger partial charge in [0, 0.05) is 17.0 Å². The fourth-order valence-electron chi connectivity index (χ4n) is 8.03. The van der Waals surface area contributed by atoms with Crippen molar-refractivity contribution >= 4 is 52.6 Å². The molecule has 1 aromatic carbocycles. The van der Waals surface area contributed by atoms with Gasteiger partial charge >= 0.3 is 18.0 Å². The number of nitrogens with one attached hydrogen (secondary N) is 2. The maximum absolute atomic E-state index is 14.0. The van der Waals surface area contributed by atoms with Gasteiger partial charge in [0.25, 0.3) is 5.69 Å². The number of carbonyl (C=O) groups excluding carboxylic acids is 4. The number of alkyl halides is 1. The second-order valence-electron chi connectivity index (χ2n) is 18.1. The Morgan fingerprint density at radius 3 is 2.03 bits per heavy atom. The van der Waals surface area contributed by atoms with E-state index < -0.39 is 36.5 Å². The van der Waals surface area contributed by atoms with Crippen LogP contribution in [0.1, 0.15) is 94.6 Å². The van der Waals surface area contributed by atoms with Gasteiger partial charge in [-0.15, -0.1) is 16.7 Å². The van der Waals surface area contributed by atoms with Gasteiger partial charge in [-0.3, -0.25) is 19.3 Å². The Morgan fingerprint density at radius 1 is 0.983 bits per heavy atom. The molecule has 318 valence electrons. The second kappa shape index (κ2) is 18.4. The molecule has 3 aromatic rings. The number of H-pyrrole nitrogens is 1. The maximum atomic E-state index is 14.0. The Labute approximate surface area is 347 Å². The van der Waals surface area contributed by atoms with Crippen molar-refractivity contribution in [1.82, 2.24) is 19.5 Å². The minimum Gasteiger partial charge on any atom is -0.495 e. The van der Waals surface area contributed by atoms with Crippen LogP contribution >= 0.6 is 11.6 Å². The molecule has 2 atom stereocenters. The van der Waals surface area contributed by atoms with Gasteiger partial charge in [0.05, 0.1) is 38.0 Å². The first-order chi connectivity index (χ1) is 27.1. The third kappa shape index (κ3) is 10.4. The number of aromatic nitrogens is 3. The lowest BCUT2D eigenvalue weighted by atomic mass is 9.54. The Balaban J connectivity index is 1.94. The number of rotatable bonds is 14. The van der Waals surface area contributed by atoms with Crippen molar-refractivity contribution in [3.05, 3.63) is 35.2 Å². The molecule has 58 heavy (non-hydrogen) atoms. The lowest BCUT2D eigenvalue weighted by Crippen LogP contribution is -2.44. The SMILES string of the molecule is [C-]#[N+]c1c(CC2C(C(C)(C)C)CC(C)CC2C(C)(C)C)c2[nH]c(-c3ccc(OC)c(NC(=O)C(C)(C)CCl)c3)nn2c1OC(=O)N(CC(=O)OCC)CC(=O)OCC. The molecule has 0 bridgehead atoms. The van der Waals surface area contributed by atoms with Crippen LogP contribution in [-0.4, -0.2) is 82.7 Å². The van der Waals surface area contributed by atoms with Crippen LogP contribution in [0.4, 0.5) is 16.2 Å². The van der Waals surface area contributed by atoms with Gasteiger partial charge in [-0.25, -0.2) is 9.64 Å². The lowest BCUT2D eigenvalue weighted by molar-refractivity contribution is -0.147. The Kier molecular flexibility index (Phi) is 14.6. The number of amides is 2. The number of nitrogens with zero attached hydrogens (tertiary/aromatic N) is 4. The van der Waals surface area contributed by atoms with Crippen molar-refractivity contribution in [2.24, 2.45) is 39.9 Å². The van der Waals surface area contributed by atoms with Crippen LogP contribution in [0.5, 0.6) is 11.6 Å². The standard InChI is InChI=1S/C43H61ClN6O8/c1-14-56-33(51)22-49(23-34(52)57-15-2)40(54)58-38-35(45-12)28(21-27-29(41(4,5)6)18-25(3)19-30(27)42(7,8)9)37-47-36(48-50(37)38)26-16-17-32(55-13)31(20-26)46-39(53)43(10,11)24-44/h16-17,20,25,27,29-30H,14-15,18-19,21-24H2,1-11,13H3,(H,46,53)(H,47,48). The highest BCUT2D eigenvalue weighted by atomic mass is 35.5. The zero-order chi connectivity index (χ0) is 43.3. The van der Waals surface area contributed by atoms with Crippen LogP contribution < -0.4 is 14.8 Å². The molecule has 0 radical (unpaired) electrons. The van der Waals surface area contributed by atoms with E-state index in [2.05, 4.69) is 63.6 Å². The van der Waals surface area contributed by atoms with Crippen LogP contribution in [-0.2, 0) is 30.3 Å². The predicted octanol–water partition coefficient (Wildman–Crippen LogP) is 8.93. The van der Waals surface area contributed by atoms with E-state index in [9.17, 15) is 19.2 Å². The van der Waals surface area contributed by atoms with Gasteiger partial charge in [-0.1, -0.05) is 48.5 Å². The highest BCUT2D eigenvalue weighted by molar-refractivity contribution is 6.20. The van der Waals surface area contributed by atoms with Gasteiger partial charge in [0.15, 0.2) is 5.82 Å². The second-order valence-corrected chi connectivity index (χ2v) is 18.4. The van der Waals surface area contributed by atoms with Gasteiger partial charge in [-0.05, 0) is 99.7 Å². The Bertz CT molecular complexity index is 1970. The molecule has 0 aliphatic heterocycles. The highest BCUT2D eigenvalue weighted by Crippen LogP contribution is 2.54.